The predicted molar refractivity (Wildman–Crippen MR) is 92.0 cm³/mol. The van der Waals surface area contributed by atoms with Crippen LogP contribution in [0.4, 0.5) is 5.69 Å². The van der Waals surface area contributed by atoms with Gasteiger partial charge in [0.2, 0.25) is 11.8 Å². The molecule has 7 nitrogen and oxygen atoms in total. The van der Waals surface area contributed by atoms with Crippen molar-refractivity contribution in [3.8, 4) is 0 Å². The van der Waals surface area contributed by atoms with Crippen LogP contribution < -0.4 is 10.2 Å². The van der Waals surface area contributed by atoms with Gasteiger partial charge >= 0.3 is 5.97 Å². The number of ether oxygens (including phenoxy) is 1. The van der Waals surface area contributed by atoms with Crippen molar-refractivity contribution >= 4 is 23.5 Å². The van der Waals surface area contributed by atoms with E-state index in [0.717, 1.165) is 13.0 Å². The summed E-state index contributed by atoms with van der Waals surface area (Å²) in [7, 11) is 5.20. The van der Waals surface area contributed by atoms with Gasteiger partial charge in [-0.3, -0.25) is 9.59 Å². The van der Waals surface area contributed by atoms with Crippen LogP contribution >= 0.6 is 0 Å². The number of anilines is 1. The Morgan fingerprint density at radius 3 is 2.42 bits per heavy atom. The van der Waals surface area contributed by atoms with E-state index >= 15 is 0 Å². The normalized spacial score (nSPS) is 10.4. The molecular weight excluding hydrogens is 310 g/mol. The van der Waals surface area contributed by atoms with Gasteiger partial charge in [-0.25, -0.2) is 4.79 Å². The molecule has 1 aromatic rings. The third-order valence-electron chi connectivity index (χ3n) is 3.39. The summed E-state index contributed by atoms with van der Waals surface area (Å²) in [6.45, 7) is 2.60. The maximum atomic E-state index is 12.1. The maximum Gasteiger partial charge on any atom is 0.339 e. The summed E-state index contributed by atoms with van der Waals surface area (Å²) in [5.41, 5.74) is 0.607. The van der Waals surface area contributed by atoms with Crippen LogP contribution in [0.5, 0.6) is 0 Å². The Bertz CT molecular complexity index is 587. The van der Waals surface area contributed by atoms with Gasteiger partial charge in [-0.15, -0.1) is 0 Å². The highest BCUT2D eigenvalue weighted by Crippen LogP contribution is 2.21. The highest BCUT2D eigenvalue weighted by Gasteiger charge is 2.21. The van der Waals surface area contributed by atoms with Crippen LogP contribution in [0, 0.1) is 0 Å². The monoisotopic (exact) mass is 335 g/mol. The molecule has 0 radical (unpaired) electrons. The molecule has 1 rings (SSSR count). The lowest BCUT2D eigenvalue weighted by molar-refractivity contribution is -0.123. The number of nitrogens with one attached hydrogen (secondary N) is 1. The highest BCUT2D eigenvalue weighted by atomic mass is 16.5. The van der Waals surface area contributed by atoms with Crippen LogP contribution in [0.2, 0.25) is 0 Å². The molecular formula is C17H25N3O4. The van der Waals surface area contributed by atoms with Crippen molar-refractivity contribution in [2.45, 2.75) is 13.3 Å². The van der Waals surface area contributed by atoms with Crippen molar-refractivity contribution in [3.05, 3.63) is 29.8 Å². The average Bonchev–Trinajstić information content (AvgIpc) is 2.55. The van der Waals surface area contributed by atoms with E-state index in [1.54, 1.807) is 24.3 Å². The first-order valence-corrected chi connectivity index (χ1v) is 7.73. The largest absolute Gasteiger partial charge is 0.465 e. The SMILES string of the molecule is COC(=O)c1ccccc1N(CC(=O)NCCCN(C)C)C(C)=O. The second-order valence-electron chi connectivity index (χ2n) is 5.62. The molecule has 0 spiro atoms. The molecule has 0 heterocycles. The number of hydrogen-bond acceptors (Lipinski definition) is 5. The Hall–Kier alpha value is -2.41. The van der Waals surface area contributed by atoms with E-state index < -0.39 is 5.97 Å². The standard InChI is InChI=1S/C17H25N3O4/c1-13(21)20(12-16(22)18-10-7-11-19(2)3)15-9-6-5-8-14(15)17(23)24-4/h5-6,8-9H,7,10-12H2,1-4H3,(H,18,22). The van der Waals surface area contributed by atoms with Crippen LogP contribution in [-0.4, -0.2) is 63.5 Å². The number of benzene rings is 1. The van der Waals surface area contributed by atoms with Gasteiger partial charge < -0.3 is 19.9 Å². The number of hydrogen-bond donors (Lipinski definition) is 1. The summed E-state index contributed by atoms with van der Waals surface area (Å²) in [6, 6.07) is 6.56. The summed E-state index contributed by atoms with van der Waals surface area (Å²) < 4.78 is 4.73. The molecule has 0 aliphatic carbocycles. The molecule has 0 saturated heterocycles. The fraction of sp³-hybridized carbons (Fsp3) is 0.471. The minimum Gasteiger partial charge on any atom is -0.465 e. The molecule has 0 atom stereocenters. The van der Waals surface area contributed by atoms with E-state index in [1.807, 2.05) is 19.0 Å². The van der Waals surface area contributed by atoms with Crippen molar-refractivity contribution in [2.75, 3.05) is 45.7 Å². The number of methoxy groups -OCH3 is 1. The van der Waals surface area contributed by atoms with Gasteiger partial charge in [0.25, 0.3) is 0 Å². The van der Waals surface area contributed by atoms with Crippen LogP contribution in [0.3, 0.4) is 0 Å². The first-order chi connectivity index (χ1) is 11.4. The summed E-state index contributed by atoms with van der Waals surface area (Å²) in [6.07, 6.45) is 0.817. The van der Waals surface area contributed by atoms with Crippen molar-refractivity contribution in [1.82, 2.24) is 10.2 Å². The number of esters is 1. The Labute approximate surface area is 142 Å². The Balaban J connectivity index is 2.80. The number of carbonyl (C=O) groups is 3. The third kappa shape index (κ3) is 6.00. The minimum absolute atomic E-state index is 0.148. The van der Waals surface area contributed by atoms with Crippen molar-refractivity contribution < 1.29 is 19.1 Å². The molecule has 0 unspecified atom stereocenters. The van der Waals surface area contributed by atoms with E-state index in [1.165, 1.54) is 18.9 Å². The van der Waals surface area contributed by atoms with Crippen LogP contribution in [0.1, 0.15) is 23.7 Å². The summed E-state index contributed by atoms with van der Waals surface area (Å²) in [5.74, 6) is -1.15. The molecule has 0 aromatic heterocycles. The summed E-state index contributed by atoms with van der Waals surface area (Å²) >= 11 is 0. The average molecular weight is 335 g/mol. The number of carbonyl (C=O) groups excluding carboxylic acids is 3. The third-order valence-corrected chi connectivity index (χ3v) is 3.39. The summed E-state index contributed by atoms with van der Waals surface area (Å²) in [5, 5.41) is 2.78. The lowest BCUT2D eigenvalue weighted by atomic mass is 10.1. The Kier molecular flexibility index (Phi) is 7.91. The molecule has 0 fully saturated rings. The molecule has 0 saturated carbocycles. The van der Waals surface area contributed by atoms with E-state index in [-0.39, 0.29) is 23.9 Å². The highest BCUT2D eigenvalue weighted by molar-refractivity contribution is 6.04. The maximum absolute atomic E-state index is 12.1. The van der Waals surface area contributed by atoms with Crippen LogP contribution in [0.15, 0.2) is 24.3 Å². The van der Waals surface area contributed by atoms with Gasteiger partial charge in [-0.2, -0.15) is 0 Å². The lowest BCUT2D eigenvalue weighted by Gasteiger charge is -2.22. The molecule has 1 aromatic carbocycles. The number of amides is 2. The minimum atomic E-state index is -0.553. The second-order valence-corrected chi connectivity index (χ2v) is 5.62. The number of rotatable bonds is 8. The molecule has 0 bridgehead atoms. The van der Waals surface area contributed by atoms with Crippen molar-refractivity contribution in [3.63, 3.8) is 0 Å². The first kappa shape index (κ1) is 19.6. The van der Waals surface area contributed by atoms with Crippen molar-refractivity contribution in [1.29, 1.82) is 0 Å². The van der Waals surface area contributed by atoms with E-state index in [0.29, 0.717) is 12.2 Å². The Morgan fingerprint density at radius 2 is 1.83 bits per heavy atom. The van der Waals surface area contributed by atoms with E-state index in [2.05, 4.69) is 5.32 Å². The topological polar surface area (TPSA) is 79.0 Å². The number of para-hydroxylation sites is 1. The Morgan fingerprint density at radius 1 is 1.17 bits per heavy atom. The predicted octanol–water partition coefficient (Wildman–Crippen LogP) is 0.894. The summed E-state index contributed by atoms with van der Waals surface area (Å²) in [4.78, 5) is 39.2. The molecule has 7 heteroatoms. The fourth-order valence-electron chi connectivity index (χ4n) is 2.18. The van der Waals surface area contributed by atoms with Crippen LogP contribution in [-0.2, 0) is 14.3 Å². The second kappa shape index (κ2) is 9.67. The zero-order chi connectivity index (χ0) is 18.1. The zero-order valence-corrected chi connectivity index (χ0v) is 14.7. The molecule has 24 heavy (non-hydrogen) atoms. The van der Waals surface area contributed by atoms with Gasteiger partial charge in [0, 0.05) is 13.5 Å². The molecule has 1 N–H and O–H groups in total. The molecule has 0 aliphatic rings. The van der Waals surface area contributed by atoms with Gasteiger partial charge in [-0.05, 0) is 39.2 Å². The fourth-order valence-corrected chi connectivity index (χ4v) is 2.18. The van der Waals surface area contributed by atoms with Gasteiger partial charge in [-0.1, -0.05) is 12.1 Å². The smallest absolute Gasteiger partial charge is 0.339 e. The lowest BCUT2D eigenvalue weighted by Crippen LogP contribution is -2.41. The zero-order valence-electron chi connectivity index (χ0n) is 14.7. The number of nitrogens with zero attached hydrogens (tertiary/aromatic N) is 2. The van der Waals surface area contributed by atoms with E-state index in [4.69, 9.17) is 4.74 Å². The van der Waals surface area contributed by atoms with Crippen molar-refractivity contribution in [2.24, 2.45) is 0 Å². The van der Waals surface area contributed by atoms with E-state index in [9.17, 15) is 14.4 Å². The van der Waals surface area contributed by atoms with Gasteiger partial charge in [0.05, 0.1) is 18.4 Å². The van der Waals surface area contributed by atoms with Gasteiger partial charge in [0.15, 0.2) is 0 Å². The van der Waals surface area contributed by atoms with Crippen LogP contribution in [0.25, 0.3) is 0 Å². The molecule has 0 aliphatic heterocycles. The van der Waals surface area contributed by atoms with Gasteiger partial charge in [0.1, 0.15) is 6.54 Å². The quantitative estimate of drug-likeness (QED) is 0.564. The molecule has 132 valence electrons. The molecule has 2 amide bonds. The first-order valence-electron chi connectivity index (χ1n) is 7.73.